The summed E-state index contributed by atoms with van der Waals surface area (Å²) < 4.78 is 6.09. The Morgan fingerprint density at radius 3 is 1.37 bits per heavy atom. The van der Waals surface area contributed by atoms with Crippen LogP contribution in [0.25, 0.3) is 17.3 Å². The van der Waals surface area contributed by atoms with Crippen LogP contribution in [0.15, 0.2) is 18.6 Å². The van der Waals surface area contributed by atoms with Gasteiger partial charge in [0.2, 0.25) is 0 Å². The van der Waals surface area contributed by atoms with Crippen LogP contribution in [0.2, 0.25) is 0 Å². The third-order valence-corrected chi connectivity index (χ3v) is 5.05. The van der Waals surface area contributed by atoms with Crippen LogP contribution >= 0.6 is 0 Å². The molecule has 0 spiro atoms. The molecule has 0 aliphatic carbocycles. The van der Waals surface area contributed by atoms with E-state index in [1.54, 1.807) is 0 Å². The summed E-state index contributed by atoms with van der Waals surface area (Å²) in [4.78, 5) is 14.0. The molecule has 0 aliphatic heterocycles. The number of imidazole rings is 3. The van der Waals surface area contributed by atoms with Gasteiger partial charge in [-0.2, -0.15) is 0 Å². The van der Waals surface area contributed by atoms with E-state index in [2.05, 4.69) is 50.7 Å². The van der Waals surface area contributed by atoms with Crippen molar-refractivity contribution in [1.29, 1.82) is 0 Å². The molecule has 30 heavy (non-hydrogen) atoms. The van der Waals surface area contributed by atoms with Crippen molar-refractivity contribution in [2.24, 2.45) is 0 Å². The zero-order valence-electron chi connectivity index (χ0n) is 18.4. The van der Waals surface area contributed by atoms with E-state index in [4.69, 9.17) is 4.98 Å². The lowest BCUT2D eigenvalue weighted by Crippen LogP contribution is -2.16. The molecule has 0 aromatic carbocycles. The van der Waals surface area contributed by atoms with Crippen molar-refractivity contribution >= 4 is 0 Å². The van der Waals surface area contributed by atoms with Gasteiger partial charge in [0.15, 0.2) is 11.6 Å². The average Bonchev–Trinajstić information content (AvgIpc) is 3.42. The van der Waals surface area contributed by atoms with Gasteiger partial charge in [-0.1, -0.05) is 20.8 Å². The molecule has 4 aromatic heterocycles. The third kappa shape index (κ3) is 3.30. The molecular formula is C21H27N9. The van der Waals surface area contributed by atoms with Crippen LogP contribution < -0.4 is 0 Å². The highest BCUT2D eigenvalue weighted by molar-refractivity contribution is 5.59. The topological polar surface area (TPSA) is 92.1 Å². The second-order valence-corrected chi connectivity index (χ2v) is 7.35. The van der Waals surface area contributed by atoms with Crippen LogP contribution in [-0.2, 0) is 19.3 Å². The molecule has 4 rings (SSSR count). The number of aryl methyl sites for hydroxylation is 6. The normalized spacial score (nSPS) is 11.4. The number of hydrogen-bond acceptors (Lipinski definition) is 6. The quantitative estimate of drug-likeness (QED) is 0.490. The molecule has 0 saturated heterocycles. The summed E-state index contributed by atoms with van der Waals surface area (Å²) in [5.41, 5.74) is 3.63. The fourth-order valence-corrected chi connectivity index (χ4v) is 3.79. The molecule has 0 aliphatic rings. The van der Waals surface area contributed by atoms with Crippen molar-refractivity contribution in [3.05, 3.63) is 53.1 Å². The Labute approximate surface area is 175 Å². The molecule has 4 aromatic rings. The van der Waals surface area contributed by atoms with E-state index in [0.717, 1.165) is 59.5 Å². The molecule has 0 atom stereocenters. The Morgan fingerprint density at radius 2 is 0.967 bits per heavy atom. The Hall–Kier alpha value is -3.36. The second kappa shape index (κ2) is 7.81. The first-order chi connectivity index (χ1) is 14.5. The highest BCUT2D eigenvalue weighted by Crippen LogP contribution is 2.27. The number of hydrogen-bond donors (Lipinski definition) is 0. The SMILES string of the molecule is CCc1nc(C)cn1-c1nnnc(-n2cc(C)nc2CC)c1-n1cc(C)nc1CC. The van der Waals surface area contributed by atoms with Gasteiger partial charge < -0.3 is 0 Å². The lowest BCUT2D eigenvalue weighted by atomic mass is 10.3. The summed E-state index contributed by atoms with van der Waals surface area (Å²) in [5, 5.41) is 13.0. The van der Waals surface area contributed by atoms with Gasteiger partial charge in [0.1, 0.15) is 23.2 Å². The van der Waals surface area contributed by atoms with Crippen molar-refractivity contribution in [3.63, 3.8) is 0 Å². The molecule has 0 bridgehead atoms. The number of rotatable bonds is 6. The molecule has 0 saturated carbocycles. The van der Waals surface area contributed by atoms with Crippen LogP contribution in [0.3, 0.4) is 0 Å². The molecule has 0 unspecified atom stereocenters. The van der Waals surface area contributed by atoms with Gasteiger partial charge in [0.05, 0.1) is 17.1 Å². The molecule has 0 amide bonds. The van der Waals surface area contributed by atoms with Crippen LogP contribution in [0.1, 0.15) is 55.3 Å². The minimum atomic E-state index is 0.679. The maximum Gasteiger partial charge on any atom is 0.190 e. The summed E-state index contributed by atoms with van der Waals surface area (Å²) in [6.45, 7) is 12.2. The van der Waals surface area contributed by atoms with Crippen molar-refractivity contribution in [2.75, 3.05) is 0 Å². The van der Waals surface area contributed by atoms with Gasteiger partial charge in [-0.25, -0.2) is 15.0 Å². The largest absolute Gasteiger partial charge is 0.297 e. The van der Waals surface area contributed by atoms with Gasteiger partial charge in [0, 0.05) is 37.9 Å². The molecule has 9 nitrogen and oxygen atoms in total. The summed E-state index contributed by atoms with van der Waals surface area (Å²) in [6.07, 6.45) is 8.34. The van der Waals surface area contributed by atoms with Gasteiger partial charge in [-0.3, -0.25) is 13.7 Å². The van der Waals surface area contributed by atoms with E-state index in [0.29, 0.717) is 11.6 Å². The zero-order valence-corrected chi connectivity index (χ0v) is 18.4. The lowest BCUT2D eigenvalue weighted by molar-refractivity contribution is 0.730. The lowest BCUT2D eigenvalue weighted by Gasteiger charge is -2.17. The summed E-state index contributed by atoms with van der Waals surface area (Å²) in [6, 6.07) is 0. The highest BCUT2D eigenvalue weighted by atomic mass is 15.4. The summed E-state index contributed by atoms with van der Waals surface area (Å²) in [5.74, 6) is 4.14. The fraction of sp³-hybridized carbons (Fsp3) is 0.429. The van der Waals surface area contributed by atoms with Crippen LogP contribution in [0.5, 0.6) is 0 Å². The molecule has 0 fully saturated rings. The van der Waals surface area contributed by atoms with Crippen molar-refractivity contribution < 1.29 is 0 Å². The molecule has 0 N–H and O–H groups in total. The van der Waals surface area contributed by atoms with E-state index in [1.807, 2.05) is 48.5 Å². The molecular weight excluding hydrogens is 378 g/mol. The van der Waals surface area contributed by atoms with Gasteiger partial charge >= 0.3 is 0 Å². The van der Waals surface area contributed by atoms with E-state index in [1.165, 1.54) is 0 Å². The smallest absolute Gasteiger partial charge is 0.190 e. The first-order valence-corrected chi connectivity index (χ1v) is 10.4. The van der Waals surface area contributed by atoms with Crippen molar-refractivity contribution in [3.8, 4) is 17.3 Å². The minimum Gasteiger partial charge on any atom is -0.297 e. The Bertz CT molecular complexity index is 1130. The van der Waals surface area contributed by atoms with E-state index >= 15 is 0 Å². The second-order valence-electron chi connectivity index (χ2n) is 7.35. The number of nitrogens with zero attached hydrogens (tertiary/aromatic N) is 9. The minimum absolute atomic E-state index is 0.679. The van der Waals surface area contributed by atoms with E-state index in [9.17, 15) is 0 Å². The first kappa shape index (κ1) is 19.9. The monoisotopic (exact) mass is 405 g/mol. The predicted octanol–water partition coefficient (Wildman–Crippen LogP) is 3.04. The van der Waals surface area contributed by atoms with Crippen LogP contribution in [0, 0.1) is 20.8 Å². The molecule has 9 heteroatoms. The highest BCUT2D eigenvalue weighted by Gasteiger charge is 2.23. The van der Waals surface area contributed by atoms with Crippen LogP contribution in [0.4, 0.5) is 0 Å². The standard InChI is InChI=1S/C21H27N9/c1-7-16-22-13(4)10-28(16)19-20(29-11-14(5)23-17(29)8-2)25-27-26-21(19)30-12-15(6)24-18(30)9-3/h10-12H,7-9H2,1-6H3. The van der Waals surface area contributed by atoms with E-state index in [-0.39, 0.29) is 0 Å². The van der Waals surface area contributed by atoms with Crippen molar-refractivity contribution in [2.45, 2.75) is 60.8 Å². The summed E-state index contributed by atoms with van der Waals surface area (Å²) in [7, 11) is 0. The van der Waals surface area contributed by atoms with Gasteiger partial charge in [-0.15, -0.1) is 10.2 Å². The maximum atomic E-state index is 4.71. The Morgan fingerprint density at radius 1 is 0.600 bits per heavy atom. The number of aromatic nitrogens is 9. The van der Waals surface area contributed by atoms with E-state index < -0.39 is 0 Å². The fourth-order valence-electron chi connectivity index (χ4n) is 3.79. The Kier molecular flexibility index (Phi) is 5.19. The predicted molar refractivity (Wildman–Crippen MR) is 114 cm³/mol. The molecule has 4 heterocycles. The Balaban J connectivity index is 2.09. The molecule has 0 radical (unpaired) electrons. The van der Waals surface area contributed by atoms with Crippen LogP contribution in [-0.4, -0.2) is 44.1 Å². The molecule has 156 valence electrons. The zero-order chi connectivity index (χ0) is 21.4. The maximum absolute atomic E-state index is 4.71. The third-order valence-electron chi connectivity index (χ3n) is 5.05. The first-order valence-electron chi connectivity index (χ1n) is 10.4. The summed E-state index contributed by atoms with van der Waals surface area (Å²) >= 11 is 0. The van der Waals surface area contributed by atoms with Gasteiger partial charge in [-0.05, 0) is 26.0 Å². The van der Waals surface area contributed by atoms with Crippen molar-refractivity contribution in [1.82, 2.24) is 44.1 Å². The van der Waals surface area contributed by atoms with Gasteiger partial charge in [0.25, 0.3) is 0 Å². The average molecular weight is 406 g/mol.